The number of ketones is 1. The lowest BCUT2D eigenvalue weighted by Gasteiger charge is -2.16. The first-order chi connectivity index (χ1) is 7.70. The van der Waals surface area contributed by atoms with Crippen molar-refractivity contribution in [3.8, 4) is 0 Å². The standard InChI is InChI=1S/C13H14N2O/c1-9(16)10-4-2-3-5-11(10)12-8-15-7-6-13(12)14/h2-7,15H,8,14H2,1H3. The van der Waals surface area contributed by atoms with E-state index in [4.69, 9.17) is 5.73 Å². The predicted octanol–water partition coefficient (Wildman–Crippen LogP) is 1.68. The zero-order valence-electron chi connectivity index (χ0n) is 9.16. The molecule has 1 aromatic carbocycles. The Hall–Kier alpha value is -2.03. The molecule has 0 fully saturated rings. The van der Waals surface area contributed by atoms with Crippen molar-refractivity contribution in [1.29, 1.82) is 0 Å². The van der Waals surface area contributed by atoms with Gasteiger partial charge in [-0.05, 0) is 24.8 Å². The number of rotatable bonds is 2. The molecule has 16 heavy (non-hydrogen) atoms. The number of carbonyl (C=O) groups is 1. The van der Waals surface area contributed by atoms with Gasteiger partial charge in [0.15, 0.2) is 5.78 Å². The summed E-state index contributed by atoms with van der Waals surface area (Å²) < 4.78 is 0. The third kappa shape index (κ3) is 1.84. The summed E-state index contributed by atoms with van der Waals surface area (Å²) in [6.07, 6.45) is 3.63. The van der Waals surface area contributed by atoms with E-state index in [0.29, 0.717) is 12.2 Å². The number of nitrogens with two attached hydrogens (primary N) is 1. The van der Waals surface area contributed by atoms with E-state index in [9.17, 15) is 4.79 Å². The van der Waals surface area contributed by atoms with E-state index in [1.165, 1.54) is 0 Å². The molecule has 1 aliphatic rings. The summed E-state index contributed by atoms with van der Waals surface area (Å²) in [5, 5.41) is 3.10. The van der Waals surface area contributed by atoms with Gasteiger partial charge in [-0.3, -0.25) is 4.79 Å². The molecule has 0 spiro atoms. The van der Waals surface area contributed by atoms with Gasteiger partial charge in [-0.25, -0.2) is 0 Å². The number of Topliss-reactive ketones (excluding diaryl/α,β-unsaturated/α-hetero) is 1. The largest absolute Gasteiger partial charge is 0.398 e. The van der Waals surface area contributed by atoms with E-state index in [2.05, 4.69) is 5.32 Å². The second-order valence-electron chi connectivity index (χ2n) is 3.75. The van der Waals surface area contributed by atoms with Crippen molar-refractivity contribution in [1.82, 2.24) is 5.32 Å². The fraction of sp³-hybridized carbons (Fsp3) is 0.154. The van der Waals surface area contributed by atoms with Crippen LogP contribution in [0.3, 0.4) is 0 Å². The smallest absolute Gasteiger partial charge is 0.160 e. The van der Waals surface area contributed by atoms with Crippen LogP contribution in [0.25, 0.3) is 5.57 Å². The average molecular weight is 214 g/mol. The molecule has 0 bridgehead atoms. The number of carbonyl (C=O) groups excluding carboxylic acids is 1. The van der Waals surface area contributed by atoms with Crippen LogP contribution in [-0.4, -0.2) is 12.3 Å². The minimum absolute atomic E-state index is 0.0606. The van der Waals surface area contributed by atoms with Crippen molar-refractivity contribution in [3.63, 3.8) is 0 Å². The van der Waals surface area contributed by atoms with Gasteiger partial charge in [-0.2, -0.15) is 0 Å². The molecule has 82 valence electrons. The molecule has 1 aliphatic heterocycles. The number of hydrogen-bond donors (Lipinski definition) is 2. The summed E-state index contributed by atoms with van der Waals surface area (Å²) in [5.74, 6) is 0.0606. The summed E-state index contributed by atoms with van der Waals surface area (Å²) in [5.41, 5.74) is 9.26. The molecule has 3 heteroatoms. The van der Waals surface area contributed by atoms with Crippen molar-refractivity contribution >= 4 is 11.4 Å². The minimum atomic E-state index is 0.0606. The van der Waals surface area contributed by atoms with Gasteiger partial charge in [0.1, 0.15) is 0 Å². The molecule has 0 saturated carbocycles. The lowest BCUT2D eigenvalue weighted by Crippen LogP contribution is -2.19. The molecule has 0 aromatic heterocycles. The van der Waals surface area contributed by atoms with Gasteiger partial charge in [-0.15, -0.1) is 0 Å². The Balaban J connectivity index is 2.56. The Morgan fingerprint density at radius 1 is 1.38 bits per heavy atom. The number of benzene rings is 1. The summed E-state index contributed by atoms with van der Waals surface area (Å²) in [6.45, 7) is 2.23. The van der Waals surface area contributed by atoms with Gasteiger partial charge >= 0.3 is 0 Å². The van der Waals surface area contributed by atoms with Crippen LogP contribution in [0, 0.1) is 0 Å². The third-order valence-electron chi connectivity index (χ3n) is 2.64. The monoisotopic (exact) mass is 214 g/mol. The summed E-state index contributed by atoms with van der Waals surface area (Å²) in [4.78, 5) is 11.5. The highest BCUT2D eigenvalue weighted by Gasteiger charge is 2.13. The highest BCUT2D eigenvalue weighted by atomic mass is 16.1. The second-order valence-corrected chi connectivity index (χ2v) is 3.75. The first kappa shape index (κ1) is 10.5. The van der Waals surface area contributed by atoms with Crippen LogP contribution in [-0.2, 0) is 0 Å². The summed E-state index contributed by atoms with van der Waals surface area (Å²) in [6, 6.07) is 7.54. The average Bonchev–Trinajstić information content (AvgIpc) is 2.29. The van der Waals surface area contributed by atoms with E-state index in [0.717, 1.165) is 16.7 Å². The fourth-order valence-electron chi connectivity index (χ4n) is 1.82. The van der Waals surface area contributed by atoms with Gasteiger partial charge < -0.3 is 11.1 Å². The van der Waals surface area contributed by atoms with Crippen LogP contribution < -0.4 is 11.1 Å². The maximum absolute atomic E-state index is 11.5. The maximum Gasteiger partial charge on any atom is 0.160 e. The maximum atomic E-state index is 11.5. The van der Waals surface area contributed by atoms with Crippen molar-refractivity contribution in [3.05, 3.63) is 53.4 Å². The normalized spacial score (nSPS) is 14.8. The predicted molar refractivity (Wildman–Crippen MR) is 64.7 cm³/mol. The van der Waals surface area contributed by atoms with Crippen LogP contribution in [0.1, 0.15) is 22.8 Å². The molecule has 0 aliphatic carbocycles. The van der Waals surface area contributed by atoms with Crippen LogP contribution in [0.5, 0.6) is 0 Å². The SMILES string of the molecule is CC(=O)c1ccccc1C1=C(N)C=CNC1. The molecule has 0 amide bonds. The highest BCUT2D eigenvalue weighted by Crippen LogP contribution is 2.22. The van der Waals surface area contributed by atoms with E-state index in [1.807, 2.05) is 36.5 Å². The van der Waals surface area contributed by atoms with E-state index >= 15 is 0 Å². The highest BCUT2D eigenvalue weighted by molar-refractivity contribution is 5.99. The molecule has 0 radical (unpaired) electrons. The lowest BCUT2D eigenvalue weighted by atomic mass is 9.95. The Bertz CT molecular complexity index is 486. The van der Waals surface area contributed by atoms with Gasteiger partial charge in [0, 0.05) is 23.4 Å². The Morgan fingerprint density at radius 2 is 2.12 bits per heavy atom. The lowest BCUT2D eigenvalue weighted by molar-refractivity contribution is 0.101. The Kier molecular flexibility index (Phi) is 2.77. The molecule has 0 atom stereocenters. The topological polar surface area (TPSA) is 55.1 Å². The first-order valence-corrected chi connectivity index (χ1v) is 5.19. The summed E-state index contributed by atoms with van der Waals surface area (Å²) >= 11 is 0. The van der Waals surface area contributed by atoms with Gasteiger partial charge in [0.05, 0.1) is 0 Å². The zero-order chi connectivity index (χ0) is 11.5. The molecule has 3 N–H and O–H groups in total. The van der Waals surface area contributed by atoms with E-state index < -0.39 is 0 Å². The van der Waals surface area contributed by atoms with E-state index in [-0.39, 0.29) is 5.78 Å². The van der Waals surface area contributed by atoms with Crippen LogP contribution in [0.15, 0.2) is 42.2 Å². The van der Waals surface area contributed by atoms with Gasteiger partial charge in [-0.1, -0.05) is 24.3 Å². The molecule has 0 unspecified atom stereocenters. The minimum Gasteiger partial charge on any atom is -0.398 e. The van der Waals surface area contributed by atoms with E-state index in [1.54, 1.807) is 6.92 Å². The molecule has 1 aromatic rings. The number of hydrogen-bond acceptors (Lipinski definition) is 3. The molecule has 2 rings (SSSR count). The first-order valence-electron chi connectivity index (χ1n) is 5.19. The molecule has 0 saturated heterocycles. The molecule has 3 nitrogen and oxygen atoms in total. The molecular formula is C13H14N2O. The quantitative estimate of drug-likeness (QED) is 0.736. The zero-order valence-corrected chi connectivity index (χ0v) is 9.16. The number of nitrogens with one attached hydrogen (secondary N) is 1. The second kappa shape index (κ2) is 4.23. The molecular weight excluding hydrogens is 200 g/mol. The van der Waals surface area contributed by atoms with Crippen molar-refractivity contribution in [2.45, 2.75) is 6.92 Å². The van der Waals surface area contributed by atoms with Crippen LogP contribution in [0.4, 0.5) is 0 Å². The Morgan fingerprint density at radius 3 is 2.81 bits per heavy atom. The van der Waals surface area contributed by atoms with Gasteiger partial charge in [0.2, 0.25) is 0 Å². The Labute approximate surface area is 94.7 Å². The fourth-order valence-corrected chi connectivity index (χ4v) is 1.82. The summed E-state index contributed by atoms with van der Waals surface area (Å²) in [7, 11) is 0. The van der Waals surface area contributed by atoms with Gasteiger partial charge in [0.25, 0.3) is 0 Å². The van der Waals surface area contributed by atoms with Crippen LogP contribution >= 0.6 is 0 Å². The van der Waals surface area contributed by atoms with Crippen molar-refractivity contribution < 1.29 is 4.79 Å². The number of dihydropyridines is 1. The number of allylic oxidation sites excluding steroid dienone is 1. The molecule has 1 heterocycles. The third-order valence-corrected chi connectivity index (χ3v) is 2.64. The van der Waals surface area contributed by atoms with Crippen molar-refractivity contribution in [2.24, 2.45) is 5.73 Å². The van der Waals surface area contributed by atoms with Crippen molar-refractivity contribution in [2.75, 3.05) is 6.54 Å². The van der Waals surface area contributed by atoms with Crippen LogP contribution in [0.2, 0.25) is 0 Å².